The number of benzene rings is 1. The Bertz CT molecular complexity index is 448. The Kier molecular flexibility index (Phi) is 4.66. The molecular formula is C15H23BrN2O. The highest BCUT2D eigenvalue weighted by atomic mass is 79.9. The zero-order chi connectivity index (χ0) is 14.0. The predicted octanol–water partition coefficient (Wildman–Crippen LogP) is 2.87. The number of morpholine rings is 1. The molecule has 2 N–H and O–H groups in total. The Morgan fingerprint density at radius 3 is 2.79 bits per heavy atom. The van der Waals surface area contributed by atoms with Gasteiger partial charge in [-0.2, -0.15) is 0 Å². The van der Waals surface area contributed by atoms with Gasteiger partial charge in [0.1, 0.15) is 0 Å². The van der Waals surface area contributed by atoms with Crippen LogP contribution in [0.3, 0.4) is 0 Å². The van der Waals surface area contributed by atoms with Crippen LogP contribution in [0.25, 0.3) is 0 Å². The lowest BCUT2D eigenvalue weighted by atomic mass is 9.95. The van der Waals surface area contributed by atoms with Crippen LogP contribution in [0.2, 0.25) is 0 Å². The molecule has 0 spiro atoms. The highest BCUT2D eigenvalue weighted by Crippen LogP contribution is 2.31. The SMILES string of the molecule is Cc1ccc(C(CN)N2CCOCC2(C)C)cc1Br. The second-order valence-electron chi connectivity index (χ2n) is 5.82. The molecule has 0 aromatic heterocycles. The first-order valence-electron chi connectivity index (χ1n) is 6.76. The quantitative estimate of drug-likeness (QED) is 0.928. The molecule has 4 heteroatoms. The van der Waals surface area contributed by atoms with Crippen molar-refractivity contribution in [2.75, 3.05) is 26.3 Å². The number of hydrogen-bond acceptors (Lipinski definition) is 3. The van der Waals surface area contributed by atoms with E-state index in [0.717, 1.165) is 24.2 Å². The van der Waals surface area contributed by atoms with Crippen molar-refractivity contribution in [3.63, 3.8) is 0 Å². The fraction of sp³-hybridized carbons (Fsp3) is 0.600. The lowest BCUT2D eigenvalue weighted by molar-refractivity contribution is -0.0712. The number of nitrogens with two attached hydrogens (primary N) is 1. The highest BCUT2D eigenvalue weighted by Gasteiger charge is 2.35. The Hall–Kier alpha value is -0.420. The Labute approximate surface area is 124 Å². The molecule has 1 saturated heterocycles. The van der Waals surface area contributed by atoms with Gasteiger partial charge in [0.15, 0.2) is 0 Å². The maximum atomic E-state index is 6.05. The molecule has 19 heavy (non-hydrogen) atoms. The summed E-state index contributed by atoms with van der Waals surface area (Å²) in [4.78, 5) is 2.47. The summed E-state index contributed by atoms with van der Waals surface area (Å²) in [6, 6.07) is 6.77. The Balaban J connectivity index is 2.30. The molecular weight excluding hydrogens is 304 g/mol. The van der Waals surface area contributed by atoms with E-state index in [1.54, 1.807) is 0 Å². The lowest BCUT2D eigenvalue weighted by Gasteiger charge is -2.46. The smallest absolute Gasteiger partial charge is 0.0645 e. The van der Waals surface area contributed by atoms with Crippen molar-refractivity contribution in [2.24, 2.45) is 5.73 Å². The maximum absolute atomic E-state index is 6.05. The molecule has 3 nitrogen and oxygen atoms in total. The van der Waals surface area contributed by atoms with E-state index < -0.39 is 0 Å². The summed E-state index contributed by atoms with van der Waals surface area (Å²) >= 11 is 3.61. The first kappa shape index (κ1) is 15.0. The zero-order valence-electron chi connectivity index (χ0n) is 11.9. The standard InChI is InChI=1S/C15H23BrN2O/c1-11-4-5-12(8-13(11)16)14(9-17)18-6-7-19-10-15(18,2)3/h4-5,8,14H,6-7,9-10,17H2,1-3H3. The van der Waals surface area contributed by atoms with Gasteiger partial charge in [-0.25, -0.2) is 0 Å². The van der Waals surface area contributed by atoms with Gasteiger partial charge in [0, 0.05) is 29.1 Å². The molecule has 0 radical (unpaired) electrons. The first-order chi connectivity index (χ1) is 8.95. The van der Waals surface area contributed by atoms with Crippen LogP contribution in [-0.4, -0.2) is 36.7 Å². The molecule has 0 bridgehead atoms. The predicted molar refractivity (Wildman–Crippen MR) is 82.3 cm³/mol. The second kappa shape index (κ2) is 5.92. The van der Waals surface area contributed by atoms with Crippen LogP contribution in [0.15, 0.2) is 22.7 Å². The van der Waals surface area contributed by atoms with Crippen molar-refractivity contribution in [1.82, 2.24) is 4.90 Å². The van der Waals surface area contributed by atoms with Gasteiger partial charge in [0.05, 0.1) is 13.2 Å². The van der Waals surface area contributed by atoms with E-state index in [0.29, 0.717) is 6.54 Å². The van der Waals surface area contributed by atoms with Crippen LogP contribution < -0.4 is 5.73 Å². The summed E-state index contributed by atoms with van der Waals surface area (Å²) in [5.41, 5.74) is 8.60. The van der Waals surface area contributed by atoms with E-state index in [1.165, 1.54) is 11.1 Å². The Morgan fingerprint density at radius 2 is 2.21 bits per heavy atom. The molecule has 1 fully saturated rings. The van der Waals surface area contributed by atoms with Crippen molar-refractivity contribution in [3.05, 3.63) is 33.8 Å². The van der Waals surface area contributed by atoms with E-state index in [1.807, 2.05) is 0 Å². The fourth-order valence-electron chi connectivity index (χ4n) is 2.71. The molecule has 0 aliphatic carbocycles. The monoisotopic (exact) mass is 326 g/mol. The van der Waals surface area contributed by atoms with Crippen molar-refractivity contribution in [1.29, 1.82) is 0 Å². The number of rotatable bonds is 3. The van der Waals surface area contributed by atoms with E-state index in [2.05, 4.69) is 59.8 Å². The third kappa shape index (κ3) is 3.19. The number of aryl methyl sites for hydroxylation is 1. The van der Waals surface area contributed by atoms with E-state index in [4.69, 9.17) is 10.5 Å². The largest absolute Gasteiger partial charge is 0.378 e. The van der Waals surface area contributed by atoms with E-state index in [9.17, 15) is 0 Å². The van der Waals surface area contributed by atoms with Crippen LogP contribution in [0, 0.1) is 6.92 Å². The van der Waals surface area contributed by atoms with Crippen molar-refractivity contribution < 1.29 is 4.74 Å². The molecule has 106 valence electrons. The van der Waals surface area contributed by atoms with Crippen molar-refractivity contribution >= 4 is 15.9 Å². The van der Waals surface area contributed by atoms with Crippen LogP contribution in [0.4, 0.5) is 0 Å². The minimum atomic E-state index is 0.0274. The number of halogens is 1. The van der Waals surface area contributed by atoms with E-state index in [-0.39, 0.29) is 11.6 Å². The summed E-state index contributed by atoms with van der Waals surface area (Å²) in [5.74, 6) is 0. The molecule has 2 rings (SSSR count). The van der Waals surface area contributed by atoms with Crippen LogP contribution in [-0.2, 0) is 4.74 Å². The van der Waals surface area contributed by atoms with Crippen LogP contribution in [0.1, 0.15) is 31.0 Å². The molecule has 1 unspecified atom stereocenters. The van der Waals surface area contributed by atoms with Crippen LogP contribution >= 0.6 is 15.9 Å². The van der Waals surface area contributed by atoms with Gasteiger partial charge in [0.25, 0.3) is 0 Å². The van der Waals surface area contributed by atoms with Gasteiger partial charge in [-0.1, -0.05) is 28.1 Å². The molecule has 1 aromatic carbocycles. The third-order valence-corrected chi connectivity index (χ3v) is 4.74. The number of hydrogen-bond donors (Lipinski definition) is 1. The summed E-state index contributed by atoms with van der Waals surface area (Å²) < 4.78 is 6.74. The first-order valence-corrected chi connectivity index (χ1v) is 7.55. The average Bonchev–Trinajstić information content (AvgIpc) is 2.36. The molecule has 1 aromatic rings. The second-order valence-corrected chi connectivity index (χ2v) is 6.67. The fourth-order valence-corrected chi connectivity index (χ4v) is 3.10. The number of nitrogens with zero attached hydrogens (tertiary/aromatic N) is 1. The zero-order valence-corrected chi connectivity index (χ0v) is 13.5. The minimum absolute atomic E-state index is 0.0274. The van der Waals surface area contributed by atoms with E-state index >= 15 is 0 Å². The Morgan fingerprint density at radius 1 is 1.47 bits per heavy atom. The average molecular weight is 327 g/mol. The number of ether oxygens (including phenoxy) is 1. The molecule has 0 amide bonds. The summed E-state index contributed by atoms with van der Waals surface area (Å²) in [6.07, 6.45) is 0. The maximum Gasteiger partial charge on any atom is 0.0645 e. The molecule has 1 atom stereocenters. The lowest BCUT2D eigenvalue weighted by Crippen LogP contribution is -2.55. The van der Waals surface area contributed by atoms with Crippen LogP contribution in [0.5, 0.6) is 0 Å². The summed E-state index contributed by atoms with van der Waals surface area (Å²) in [5, 5.41) is 0. The van der Waals surface area contributed by atoms with Gasteiger partial charge in [-0.05, 0) is 38.0 Å². The summed E-state index contributed by atoms with van der Waals surface area (Å²) in [7, 11) is 0. The van der Waals surface area contributed by atoms with Gasteiger partial charge in [-0.15, -0.1) is 0 Å². The molecule has 1 heterocycles. The highest BCUT2D eigenvalue weighted by molar-refractivity contribution is 9.10. The molecule has 1 aliphatic heterocycles. The normalized spacial score (nSPS) is 21.3. The topological polar surface area (TPSA) is 38.5 Å². The van der Waals surface area contributed by atoms with Gasteiger partial charge < -0.3 is 10.5 Å². The van der Waals surface area contributed by atoms with Gasteiger partial charge in [-0.3, -0.25) is 4.90 Å². The minimum Gasteiger partial charge on any atom is -0.378 e. The van der Waals surface area contributed by atoms with Gasteiger partial charge >= 0.3 is 0 Å². The molecule has 1 aliphatic rings. The molecule has 0 saturated carbocycles. The summed E-state index contributed by atoms with van der Waals surface area (Å²) in [6.45, 7) is 9.64. The van der Waals surface area contributed by atoms with Gasteiger partial charge in [0.2, 0.25) is 0 Å². The van der Waals surface area contributed by atoms with Crippen molar-refractivity contribution in [2.45, 2.75) is 32.4 Å². The third-order valence-electron chi connectivity index (χ3n) is 3.89. The van der Waals surface area contributed by atoms with Crippen molar-refractivity contribution in [3.8, 4) is 0 Å².